The number of nitrogens with one attached hydrogen (secondary N) is 2. The Kier molecular flexibility index (Phi) is 6.19. The van der Waals surface area contributed by atoms with Gasteiger partial charge in [-0.1, -0.05) is 23.8 Å². The fourth-order valence-corrected chi connectivity index (χ4v) is 2.08. The Balaban J connectivity index is 1.75. The van der Waals surface area contributed by atoms with Crippen LogP contribution in [-0.4, -0.2) is 23.0 Å². The summed E-state index contributed by atoms with van der Waals surface area (Å²) < 4.78 is 0. The molecular weight excluding hydrogens is 304 g/mol. The minimum absolute atomic E-state index is 0.0706. The van der Waals surface area contributed by atoms with Crippen molar-refractivity contribution in [3.8, 4) is 0 Å². The molecular formula is C18H20N4O2. The summed E-state index contributed by atoms with van der Waals surface area (Å²) in [6, 6.07) is 9.39. The average molecular weight is 324 g/mol. The molecule has 0 unspecified atom stereocenters. The molecule has 0 aliphatic carbocycles. The molecule has 1 aromatic heterocycles. The van der Waals surface area contributed by atoms with E-state index in [0.29, 0.717) is 0 Å². The third kappa shape index (κ3) is 5.64. The number of carbonyl (C=O) groups excluding carboxylic acids is 2. The Labute approximate surface area is 141 Å². The number of pyridine rings is 1. The van der Waals surface area contributed by atoms with Crippen molar-refractivity contribution in [3.05, 3.63) is 59.4 Å². The van der Waals surface area contributed by atoms with Crippen LogP contribution in [0, 0.1) is 13.8 Å². The van der Waals surface area contributed by atoms with Crippen molar-refractivity contribution in [1.82, 2.24) is 10.4 Å². The lowest BCUT2D eigenvalue weighted by Gasteiger charge is -2.08. The van der Waals surface area contributed by atoms with Crippen LogP contribution in [0.2, 0.25) is 0 Å². The number of anilines is 1. The summed E-state index contributed by atoms with van der Waals surface area (Å²) in [4.78, 5) is 27.5. The highest BCUT2D eigenvalue weighted by atomic mass is 16.2. The smallest absolute Gasteiger partial charge is 0.240 e. The van der Waals surface area contributed by atoms with Gasteiger partial charge in [0.05, 0.1) is 6.21 Å². The van der Waals surface area contributed by atoms with E-state index in [4.69, 9.17) is 0 Å². The topological polar surface area (TPSA) is 83.5 Å². The molecule has 0 fully saturated rings. The van der Waals surface area contributed by atoms with Gasteiger partial charge in [0, 0.05) is 36.5 Å². The molecule has 0 saturated heterocycles. The zero-order valence-corrected chi connectivity index (χ0v) is 13.7. The highest BCUT2D eigenvalue weighted by molar-refractivity contribution is 5.94. The lowest BCUT2D eigenvalue weighted by Crippen LogP contribution is -2.20. The van der Waals surface area contributed by atoms with Gasteiger partial charge in [-0.3, -0.25) is 14.6 Å². The number of benzene rings is 1. The van der Waals surface area contributed by atoms with Gasteiger partial charge in [-0.2, -0.15) is 5.10 Å². The first kappa shape index (κ1) is 17.3. The maximum Gasteiger partial charge on any atom is 0.240 e. The third-order valence-electron chi connectivity index (χ3n) is 3.32. The van der Waals surface area contributed by atoms with Gasteiger partial charge in [-0.05, 0) is 31.5 Å². The summed E-state index contributed by atoms with van der Waals surface area (Å²) in [5, 5.41) is 6.64. The first-order valence-corrected chi connectivity index (χ1v) is 7.63. The van der Waals surface area contributed by atoms with E-state index >= 15 is 0 Å². The van der Waals surface area contributed by atoms with Gasteiger partial charge in [-0.25, -0.2) is 5.43 Å². The van der Waals surface area contributed by atoms with E-state index in [2.05, 4.69) is 20.8 Å². The Hall–Kier alpha value is -3.02. The van der Waals surface area contributed by atoms with Crippen LogP contribution in [-0.2, 0) is 9.59 Å². The first-order valence-electron chi connectivity index (χ1n) is 7.63. The quantitative estimate of drug-likeness (QED) is 0.633. The van der Waals surface area contributed by atoms with E-state index in [1.165, 1.54) is 6.21 Å². The van der Waals surface area contributed by atoms with Gasteiger partial charge >= 0.3 is 0 Å². The molecule has 2 amide bonds. The minimum Gasteiger partial charge on any atom is -0.326 e. The lowest BCUT2D eigenvalue weighted by molar-refractivity contribution is -0.124. The Morgan fingerprint density at radius 3 is 2.67 bits per heavy atom. The molecule has 0 spiro atoms. The van der Waals surface area contributed by atoms with Crippen molar-refractivity contribution in [2.45, 2.75) is 26.7 Å². The predicted octanol–water partition coefficient (Wildman–Crippen LogP) is 2.57. The number of nitrogens with zero attached hydrogens (tertiary/aromatic N) is 2. The molecule has 2 N–H and O–H groups in total. The average Bonchev–Trinajstić information content (AvgIpc) is 2.56. The van der Waals surface area contributed by atoms with Gasteiger partial charge in [0.15, 0.2) is 0 Å². The SMILES string of the molecule is Cc1ccc(NC(=O)CCC(=O)N/N=C/c2cccnc2)c(C)c1. The molecule has 0 atom stereocenters. The number of hydrogen-bond donors (Lipinski definition) is 2. The van der Waals surface area contributed by atoms with Crippen LogP contribution in [0.15, 0.2) is 47.8 Å². The molecule has 0 bridgehead atoms. The van der Waals surface area contributed by atoms with E-state index in [1.54, 1.807) is 18.5 Å². The van der Waals surface area contributed by atoms with Gasteiger partial charge in [0.2, 0.25) is 11.8 Å². The minimum atomic E-state index is -0.314. The van der Waals surface area contributed by atoms with E-state index in [-0.39, 0.29) is 24.7 Å². The number of amides is 2. The Morgan fingerprint density at radius 2 is 1.96 bits per heavy atom. The number of rotatable bonds is 6. The molecule has 6 heteroatoms. The maximum absolute atomic E-state index is 11.9. The third-order valence-corrected chi connectivity index (χ3v) is 3.32. The normalized spacial score (nSPS) is 10.6. The van der Waals surface area contributed by atoms with Crippen LogP contribution in [0.25, 0.3) is 0 Å². The van der Waals surface area contributed by atoms with Gasteiger partial charge < -0.3 is 5.32 Å². The molecule has 0 radical (unpaired) electrons. The molecule has 2 rings (SSSR count). The second-order valence-electron chi connectivity index (χ2n) is 5.45. The molecule has 0 aliphatic heterocycles. The van der Waals surface area contributed by atoms with Crippen LogP contribution in [0.3, 0.4) is 0 Å². The van der Waals surface area contributed by atoms with Crippen LogP contribution >= 0.6 is 0 Å². The predicted molar refractivity (Wildman–Crippen MR) is 93.8 cm³/mol. The number of hydrazone groups is 1. The molecule has 124 valence electrons. The zero-order chi connectivity index (χ0) is 17.4. The summed E-state index contributed by atoms with van der Waals surface area (Å²) in [6.45, 7) is 3.93. The largest absolute Gasteiger partial charge is 0.326 e. The molecule has 2 aromatic rings. The van der Waals surface area contributed by atoms with Crippen molar-refractivity contribution in [2.24, 2.45) is 5.10 Å². The second kappa shape index (κ2) is 8.57. The standard InChI is InChI=1S/C18H20N4O2/c1-13-5-6-16(14(2)10-13)21-17(23)7-8-18(24)22-20-12-15-4-3-9-19-11-15/h3-6,9-12H,7-8H2,1-2H3,(H,21,23)(H,22,24)/b20-12+. The van der Waals surface area contributed by atoms with Crippen molar-refractivity contribution in [2.75, 3.05) is 5.32 Å². The van der Waals surface area contributed by atoms with Crippen molar-refractivity contribution in [3.63, 3.8) is 0 Å². The van der Waals surface area contributed by atoms with Gasteiger partial charge in [-0.15, -0.1) is 0 Å². The Bertz CT molecular complexity index is 742. The monoisotopic (exact) mass is 324 g/mol. The second-order valence-corrected chi connectivity index (χ2v) is 5.45. The highest BCUT2D eigenvalue weighted by Gasteiger charge is 2.08. The summed E-state index contributed by atoms with van der Waals surface area (Å²) in [6.07, 6.45) is 4.96. The highest BCUT2D eigenvalue weighted by Crippen LogP contribution is 2.16. The van der Waals surface area contributed by atoms with E-state index in [1.807, 2.05) is 38.1 Å². The molecule has 0 saturated carbocycles. The number of carbonyl (C=O) groups is 2. The Morgan fingerprint density at radius 1 is 1.17 bits per heavy atom. The van der Waals surface area contributed by atoms with Crippen LogP contribution < -0.4 is 10.7 Å². The van der Waals surface area contributed by atoms with E-state index in [9.17, 15) is 9.59 Å². The van der Waals surface area contributed by atoms with Crippen molar-refractivity contribution in [1.29, 1.82) is 0 Å². The summed E-state index contributed by atoms with van der Waals surface area (Å²) in [7, 11) is 0. The van der Waals surface area contributed by atoms with Gasteiger partial charge in [0.25, 0.3) is 0 Å². The van der Waals surface area contributed by atoms with E-state index < -0.39 is 0 Å². The molecule has 1 aromatic carbocycles. The molecule has 1 heterocycles. The van der Waals surface area contributed by atoms with Crippen molar-refractivity contribution < 1.29 is 9.59 Å². The zero-order valence-electron chi connectivity index (χ0n) is 13.7. The number of aromatic nitrogens is 1. The van der Waals surface area contributed by atoms with Crippen LogP contribution in [0.5, 0.6) is 0 Å². The lowest BCUT2D eigenvalue weighted by atomic mass is 10.1. The molecule has 24 heavy (non-hydrogen) atoms. The van der Waals surface area contributed by atoms with Crippen LogP contribution in [0.4, 0.5) is 5.69 Å². The number of hydrogen-bond acceptors (Lipinski definition) is 4. The fourth-order valence-electron chi connectivity index (χ4n) is 2.08. The first-order chi connectivity index (χ1) is 11.5. The summed E-state index contributed by atoms with van der Waals surface area (Å²) in [5.74, 6) is -0.515. The maximum atomic E-state index is 11.9. The van der Waals surface area contributed by atoms with Gasteiger partial charge in [0.1, 0.15) is 0 Å². The summed E-state index contributed by atoms with van der Waals surface area (Å²) >= 11 is 0. The van der Waals surface area contributed by atoms with E-state index in [0.717, 1.165) is 22.4 Å². The number of aryl methyl sites for hydroxylation is 2. The fraction of sp³-hybridized carbons (Fsp3) is 0.222. The molecule has 6 nitrogen and oxygen atoms in total. The molecule has 0 aliphatic rings. The summed E-state index contributed by atoms with van der Waals surface area (Å²) in [5.41, 5.74) is 6.07. The van der Waals surface area contributed by atoms with Crippen molar-refractivity contribution >= 4 is 23.7 Å². The van der Waals surface area contributed by atoms with Crippen LogP contribution in [0.1, 0.15) is 29.5 Å².